The molecule has 0 aliphatic rings. The van der Waals surface area contributed by atoms with Crippen molar-refractivity contribution in [3.05, 3.63) is 88.3 Å². The van der Waals surface area contributed by atoms with E-state index in [0.717, 1.165) is 16.0 Å². The molecule has 0 saturated heterocycles. The number of amides is 2. The molecule has 1 aromatic heterocycles. The molecule has 0 fully saturated rings. The third-order valence-corrected chi connectivity index (χ3v) is 6.84. The lowest BCUT2D eigenvalue weighted by Gasteiger charge is -2.18. The molecular formula is C29H32N2O7S. The van der Waals surface area contributed by atoms with Crippen LogP contribution in [0.4, 0.5) is 9.80 Å². The van der Waals surface area contributed by atoms with Crippen molar-refractivity contribution < 1.29 is 33.4 Å². The van der Waals surface area contributed by atoms with Gasteiger partial charge < -0.3 is 24.8 Å². The number of nitrogens with one attached hydrogen (secondary N) is 2. The minimum atomic E-state index is -1.09. The van der Waals surface area contributed by atoms with Gasteiger partial charge in [-0.15, -0.1) is 11.3 Å². The number of rotatable bonds is 12. The molecule has 1 atom stereocenters. The van der Waals surface area contributed by atoms with Crippen LogP contribution in [-0.4, -0.2) is 43.2 Å². The highest BCUT2D eigenvalue weighted by Gasteiger charge is 2.25. The van der Waals surface area contributed by atoms with Crippen molar-refractivity contribution in [2.24, 2.45) is 0 Å². The van der Waals surface area contributed by atoms with E-state index >= 15 is 0 Å². The Hall–Kier alpha value is -4.18. The number of alkyl carbamates (subject to hydrolysis) is 1. The maximum atomic E-state index is 12.9. The third kappa shape index (κ3) is 9.26. The highest BCUT2D eigenvalue weighted by atomic mass is 32.1. The zero-order chi connectivity index (χ0) is 28.2. The number of hydrogen-bond donors (Lipinski definition) is 2. The molecule has 0 unspecified atom stereocenters. The number of carbonyl (C=O) groups excluding carboxylic acids is 4. The Bertz CT molecular complexity index is 1260. The Morgan fingerprint density at radius 3 is 2.13 bits per heavy atom. The lowest BCUT2D eigenvalue weighted by molar-refractivity contribution is -0.149. The normalized spacial score (nSPS) is 11.4. The summed E-state index contributed by atoms with van der Waals surface area (Å²) >= 11 is 1.26. The van der Waals surface area contributed by atoms with E-state index in [4.69, 9.17) is 14.2 Å². The highest BCUT2D eigenvalue weighted by Crippen LogP contribution is 2.33. The minimum Gasteiger partial charge on any atom is -0.462 e. The number of hydrogen-bond acceptors (Lipinski definition) is 8. The molecule has 39 heavy (non-hydrogen) atoms. The molecule has 0 aliphatic carbocycles. The molecule has 9 nitrogen and oxygen atoms in total. The van der Waals surface area contributed by atoms with Gasteiger partial charge >= 0.3 is 18.0 Å². The molecule has 0 saturated carbocycles. The molecule has 0 radical (unpaired) electrons. The minimum absolute atomic E-state index is 0.0319. The first-order valence-corrected chi connectivity index (χ1v) is 13.4. The van der Waals surface area contributed by atoms with Crippen LogP contribution in [0.15, 0.2) is 66.7 Å². The van der Waals surface area contributed by atoms with Crippen molar-refractivity contribution in [2.45, 2.75) is 45.8 Å². The molecule has 0 spiro atoms. The van der Waals surface area contributed by atoms with Gasteiger partial charge in [0.15, 0.2) is 6.61 Å². The second kappa shape index (κ2) is 14.7. The van der Waals surface area contributed by atoms with Crippen molar-refractivity contribution in [1.82, 2.24) is 5.32 Å². The summed E-state index contributed by atoms with van der Waals surface area (Å²) in [6.45, 7) is 5.26. The van der Waals surface area contributed by atoms with E-state index in [1.807, 2.05) is 74.5 Å². The molecular weight excluding hydrogens is 520 g/mol. The van der Waals surface area contributed by atoms with Gasteiger partial charge in [-0.1, -0.05) is 74.5 Å². The van der Waals surface area contributed by atoms with Crippen LogP contribution < -0.4 is 10.6 Å². The fourth-order valence-corrected chi connectivity index (χ4v) is 4.56. The zero-order valence-corrected chi connectivity index (χ0v) is 22.9. The largest absolute Gasteiger partial charge is 0.462 e. The molecule has 3 rings (SSSR count). The first-order valence-electron chi connectivity index (χ1n) is 12.5. The Labute approximate surface area is 231 Å². The monoisotopic (exact) mass is 552 g/mol. The molecule has 2 aromatic carbocycles. The summed E-state index contributed by atoms with van der Waals surface area (Å²) in [4.78, 5) is 51.3. The summed E-state index contributed by atoms with van der Waals surface area (Å²) in [6, 6.07) is 18.8. The quantitative estimate of drug-likeness (QED) is 0.238. The van der Waals surface area contributed by atoms with Gasteiger partial charge in [-0.3, -0.25) is 4.79 Å². The van der Waals surface area contributed by atoms with E-state index in [-0.39, 0.29) is 31.1 Å². The topological polar surface area (TPSA) is 120 Å². The van der Waals surface area contributed by atoms with Gasteiger partial charge in [0.1, 0.15) is 17.6 Å². The first-order chi connectivity index (χ1) is 18.8. The molecule has 2 N–H and O–H groups in total. The number of thiophene rings is 1. The smallest absolute Gasteiger partial charge is 0.408 e. The predicted molar refractivity (Wildman–Crippen MR) is 148 cm³/mol. The van der Waals surface area contributed by atoms with Crippen molar-refractivity contribution >= 4 is 40.3 Å². The van der Waals surface area contributed by atoms with Gasteiger partial charge in [-0.05, 0) is 30.0 Å². The fourth-order valence-electron chi connectivity index (χ4n) is 3.50. The van der Waals surface area contributed by atoms with Gasteiger partial charge in [-0.25, -0.2) is 14.4 Å². The van der Waals surface area contributed by atoms with Gasteiger partial charge in [0.2, 0.25) is 0 Å². The Morgan fingerprint density at radius 1 is 0.872 bits per heavy atom. The summed E-state index contributed by atoms with van der Waals surface area (Å²) in [6.07, 6.45) is -0.655. The molecule has 0 bridgehead atoms. The lowest BCUT2D eigenvalue weighted by atomic mass is 10.1. The van der Waals surface area contributed by atoms with Gasteiger partial charge in [0.05, 0.1) is 12.2 Å². The summed E-state index contributed by atoms with van der Waals surface area (Å²) in [7, 11) is 0. The van der Waals surface area contributed by atoms with Crippen molar-refractivity contribution in [1.29, 1.82) is 0 Å². The molecule has 0 aliphatic heterocycles. The number of benzene rings is 2. The molecule has 3 aromatic rings. The van der Waals surface area contributed by atoms with Gasteiger partial charge in [0.25, 0.3) is 5.91 Å². The van der Waals surface area contributed by atoms with Crippen LogP contribution in [-0.2, 0) is 36.8 Å². The zero-order valence-electron chi connectivity index (χ0n) is 22.1. The summed E-state index contributed by atoms with van der Waals surface area (Å²) in [5.41, 5.74) is 1.82. The predicted octanol–water partition coefficient (Wildman–Crippen LogP) is 5.07. The maximum Gasteiger partial charge on any atom is 0.408 e. The van der Waals surface area contributed by atoms with Gasteiger partial charge in [-0.2, -0.15) is 0 Å². The third-order valence-electron chi connectivity index (χ3n) is 5.49. The standard InChI is InChI=1S/C29H32N2O7S/c1-4-36-27(33)22-16-24(19(2)3)39-26(22)31-25(32)18-37-28(34)23(15-20-11-7-5-8-12-20)30-29(35)38-17-21-13-9-6-10-14-21/h5-14,16,19,23H,4,15,17-18H2,1-3H3,(H,30,35)(H,31,32)/t23-/m0/s1. The fraction of sp³-hybridized carbons (Fsp3) is 0.310. The average Bonchev–Trinajstić information content (AvgIpc) is 3.36. The van der Waals surface area contributed by atoms with Crippen LogP contribution >= 0.6 is 11.3 Å². The Balaban J connectivity index is 1.63. The maximum absolute atomic E-state index is 12.9. The first kappa shape index (κ1) is 29.4. The van der Waals surface area contributed by atoms with Crippen molar-refractivity contribution in [2.75, 3.05) is 18.5 Å². The number of anilines is 1. The van der Waals surface area contributed by atoms with Crippen LogP contribution in [0.25, 0.3) is 0 Å². The number of carbonyl (C=O) groups is 4. The summed E-state index contributed by atoms with van der Waals surface area (Å²) in [5.74, 6) is -1.84. The van der Waals surface area contributed by atoms with Crippen molar-refractivity contribution in [3.8, 4) is 0 Å². The average molecular weight is 553 g/mol. The van der Waals surface area contributed by atoms with E-state index in [1.165, 1.54) is 11.3 Å². The van der Waals surface area contributed by atoms with Crippen LogP contribution in [0.3, 0.4) is 0 Å². The van der Waals surface area contributed by atoms with E-state index in [2.05, 4.69) is 10.6 Å². The van der Waals surface area contributed by atoms with Crippen LogP contribution in [0, 0.1) is 0 Å². The second-order valence-electron chi connectivity index (χ2n) is 8.87. The van der Waals surface area contributed by atoms with Crippen molar-refractivity contribution in [3.63, 3.8) is 0 Å². The summed E-state index contributed by atoms with van der Waals surface area (Å²) in [5, 5.41) is 5.50. The number of esters is 2. The Morgan fingerprint density at radius 2 is 1.51 bits per heavy atom. The molecule has 10 heteroatoms. The highest BCUT2D eigenvalue weighted by molar-refractivity contribution is 7.16. The second-order valence-corrected chi connectivity index (χ2v) is 9.95. The lowest BCUT2D eigenvalue weighted by Crippen LogP contribution is -2.44. The Kier molecular flexibility index (Phi) is 11.1. The molecule has 2 amide bonds. The van der Waals surface area contributed by atoms with E-state index in [9.17, 15) is 19.2 Å². The van der Waals surface area contributed by atoms with E-state index in [0.29, 0.717) is 5.00 Å². The number of ether oxygens (including phenoxy) is 3. The van der Waals surface area contributed by atoms with E-state index < -0.39 is 36.6 Å². The molecule has 1 heterocycles. The SMILES string of the molecule is CCOC(=O)c1cc(C(C)C)sc1NC(=O)COC(=O)[C@H](Cc1ccccc1)NC(=O)OCc1ccccc1. The summed E-state index contributed by atoms with van der Waals surface area (Å²) < 4.78 is 15.6. The van der Waals surface area contributed by atoms with Crippen LogP contribution in [0.2, 0.25) is 0 Å². The molecule has 206 valence electrons. The van der Waals surface area contributed by atoms with E-state index in [1.54, 1.807) is 13.0 Å². The van der Waals surface area contributed by atoms with Gasteiger partial charge in [0, 0.05) is 11.3 Å². The van der Waals surface area contributed by atoms with Crippen LogP contribution in [0.1, 0.15) is 53.1 Å². The van der Waals surface area contributed by atoms with Crippen LogP contribution in [0.5, 0.6) is 0 Å².